The molecule has 4 nitrogen and oxygen atoms in total. The molecule has 1 fully saturated rings. The van der Waals surface area contributed by atoms with Gasteiger partial charge in [-0.2, -0.15) is 0 Å². The molecular formula is C16H27N3O. The molecule has 1 aromatic rings. The lowest BCUT2D eigenvalue weighted by Crippen LogP contribution is -2.51. The summed E-state index contributed by atoms with van der Waals surface area (Å²) in [5.74, 6) is 0.780. The molecule has 1 aliphatic rings. The molecule has 0 saturated carbocycles. The van der Waals surface area contributed by atoms with Crippen LogP contribution in [0.2, 0.25) is 0 Å². The summed E-state index contributed by atoms with van der Waals surface area (Å²) < 4.78 is 5.41. The first-order chi connectivity index (χ1) is 9.57. The second-order valence-corrected chi connectivity index (χ2v) is 6.12. The smallest absolute Gasteiger partial charge is 0.142 e. The number of nitrogens with zero attached hydrogens (tertiary/aromatic N) is 2. The molecule has 4 heteroatoms. The highest BCUT2D eigenvalue weighted by Crippen LogP contribution is 2.33. The minimum atomic E-state index is -0.156. The molecule has 2 rings (SSSR count). The maximum absolute atomic E-state index is 6.55. The number of aromatic nitrogens is 1. The second-order valence-electron chi connectivity index (χ2n) is 6.12. The molecule has 20 heavy (non-hydrogen) atoms. The predicted octanol–water partition coefficient (Wildman–Crippen LogP) is 2.74. The Labute approximate surface area is 122 Å². The first kappa shape index (κ1) is 15.3. The summed E-state index contributed by atoms with van der Waals surface area (Å²) in [4.78, 5) is 6.97. The average Bonchev–Trinajstić information content (AvgIpc) is 2.76. The number of nitrogens with two attached hydrogens (primary N) is 1. The van der Waals surface area contributed by atoms with Crippen LogP contribution in [0.5, 0.6) is 5.75 Å². The summed E-state index contributed by atoms with van der Waals surface area (Å²) in [6.45, 7) is 6.68. The summed E-state index contributed by atoms with van der Waals surface area (Å²) in [5, 5.41) is 0. The van der Waals surface area contributed by atoms with Gasteiger partial charge in [0.25, 0.3) is 0 Å². The normalized spacial score (nSPS) is 19.4. The second kappa shape index (κ2) is 6.55. The quantitative estimate of drug-likeness (QED) is 0.919. The molecule has 2 heterocycles. The lowest BCUT2D eigenvalue weighted by atomic mass is 9.89. The van der Waals surface area contributed by atoms with E-state index < -0.39 is 0 Å². The molecule has 0 spiro atoms. The number of likely N-dealkylation sites (tertiary alicyclic amines) is 1. The Hall–Kier alpha value is -1.13. The highest BCUT2D eigenvalue weighted by atomic mass is 16.5. The van der Waals surface area contributed by atoms with Gasteiger partial charge in [0.1, 0.15) is 11.4 Å². The molecule has 0 aromatic carbocycles. The van der Waals surface area contributed by atoms with E-state index >= 15 is 0 Å². The van der Waals surface area contributed by atoms with Gasteiger partial charge in [-0.1, -0.05) is 12.8 Å². The average molecular weight is 277 g/mol. The monoisotopic (exact) mass is 277 g/mol. The number of hydrogen-bond donors (Lipinski definition) is 1. The SMILES string of the molecule is COc1cccnc1C(N)C(C)(C)N1CCCCCC1. The van der Waals surface area contributed by atoms with Crippen molar-refractivity contribution in [3.05, 3.63) is 24.0 Å². The number of hydrogen-bond acceptors (Lipinski definition) is 4. The van der Waals surface area contributed by atoms with Crippen LogP contribution in [0.4, 0.5) is 0 Å². The molecule has 112 valence electrons. The van der Waals surface area contributed by atoms with E-state index in [4.69, 9.17) is 10.5 Å². The Morgan fingerprint density at radius 3 is 2.50 bits per heavy atom. The highest BCUT2D eigenvalue weighted by molar-refractivity contribution is 5.31. The van der Waals surface area contributed by atoms with Crippen molar-refractivity contribution < 1.29 is 4.74 Å². The third-order valence-corrected chi connectivity index (χ3v) is 4.50. The molecule has 1 atom stereocenters. The molecule has 0 amide bonds. The van der Waals surface area contributed by atoms with Crippen molar-refractivity contribution in [1.29, 1.82) is 0 Å². The van der Waals surface area contributed by atoms with E-state index in [0.717, 1.165) is 24.5 Å². The van der Waals surface area contributed by atoms with Crippen molar-refractivity contribution in [2.24, 2.45) is 5.73 Å². The molecule has 1 unspecified atom stereocenters. The van der Waals surface area contributed by atoms with Crippen molar-refractivity contribution in [1.82, 2.24) is 9.88 Å². The lowest BCUT2D eigenvalue weighted by Gasteiger charge is -2.42. The lowest BCUT2D eigenvalue weighted by molar-refractivity contribution is 0.0955. The maximum Gasteiger partial charge on any atom is 0.142 e. The third kappa shape index (κ3) is 3.13. The zero-order valence-electron chi connectivity index (χ0n) is 12.9. The minimum absolute atomic E-state index is 0.119. The van der Waals surface area contributed by atoms with Crippen LogP contribution < -0.4 is 10.5 Å². The Bertz CT molecular complexity index is 425. The van der Waals surface area contributed by atoms with E-state index in [-0.39, 0.29) is 11.6 Å². The molecule has 1 aromatic heterocycles. The third-order valence-electron chi connectivity index (χ3n) is 4.50. The summed E-state index contributed by atoms with van der Waals surface area (Å²) in [7, 11) is 1.67. The Morgan fingerprint density at radius 1 is 1.25 bits per heavy atom. The van der Waals surface area contributed by atoms with Gasteiger partial charge < -0.3 is 10.5 Å². The first-order valence-electron chi connectivity index (χ1n) is 7.57. The van der Waals surface area contributed by atoms with Crippen molar-refractivity contribution in [2.45, 2.75) is 51.1 Å². The summed E-state index contributed by atoms with van der Waals surface area (Å²) in [5.41, 5.74) is 7.28. The van der Waals surface area contributed by atoms with E-state index in [1.54, 1.807) is 13.3 Å². The minimum Gasteiger partial charge on any atom is -0.495 e. The van der Waals surface area contributed by atoms with E-state index in [0.29, 0.717) is 0 Å². The molecule has 0 aliphatic carbocycles. The Balaban J connectivity index is 2.22. The fourth-order valence-corrected chi connectivity index (χ4v) is 2.99. The largest absolute Gasteiger partial charge is 0.495 e. The van der Waals surface area contributed by atoms with Crippen LogP contribution in [-0.2, 0) is 0 Å². The fraction of sp³-hybridized carbons (Fsp3) is 0.688. The van der Waals surface area contributed by atoms with Gasteiger partial charge in [-0.3, -0.25) is 9.88 Å². The zero-order valence-corrected chi connectivity index (χ0v) is 12.9. The number of rotatable bonds is 4. The first-order valence-corrected chi connectivity index (χ1v) is 7.57. The molecular weight excluding hydrogens is 250 g/mol. The summed E-state index contributed by atoms with van der Waals surface area (Å²) >= 11 is 0. The van der Waals surface area contributed by atoms with Crippen molar-refractivity contribution in [3.63, 3.8) is 0 Å². The van der Waals surface area contributed by atoms with Crippen LogP contribution in [0.1, 0.15) is 51.3 Å². The van der Waals surface area contributed by atoms with Gasteiger partial charge in [-0.05, 0) is 51.9 Å². The van der Waals surface area contributed by atoms with E-state index in [1.165, 1.54) is 25.7 Å². The number of methoxy groups -OCH3 is 1. The standard InChI is InChI=1S/C16H27N3O/c1-16(2,19-11-6-4-5-7-12-19)15(17)14-13(20-3)9-8-10-18-14/h8-10,15H,4-7,11-12,17H2,1-3H3. The zero-order chi connectivity index (χ0) is 14.6. The van der Waals surface area contributed by atoms with E-state index in [2.05, 4.69) is 23.7 Å². The molecule has 1 aliphatic heterocycles. The predicted molar refractivity (Wildman–Crippen MR) is 81.8 cm³/mol. The van der Waals surface area contributed by atoms with E-state index in [9.17, 15) is 0 Å². The van der Waals surface area contributed by atoms with Gasteiger partial charge in [0.2, 0.25) is 0 Å². The van der Waals surface area contributed by atoms with Gasteiger partial charge in [-0.15, -0.1) is 0 Å². The molecule has 0 radical (unpaired) electrons. The fourth-order valence-electron chi connectivity index (χ4n) is 2.99. The maximum atomic E-state index is 6.55. The van der Waals surface area contributed by atoms with Crippen LogP contribution in [0.3, 0.4) is 0 Å². The van der Waals surface area contributed by atoms with Crippen LogP contribution in [0, 0.1) is 0 Å². The van der Waals surface area contributed by atoms with Crippen LogP contribution in [-0.4, -0.2) is 35.6 Å². The topological polar surface area (TPSA) is 51.4 Å². The summed E-state index contributed by atoms with van der Waals surface area (Å²) in [6, 6.07) is 3.66. The van der Waals surface area contributed by atoms with Crippen molar-refractivity contribution in [3.8, 4) is 5.75 Å². The van der Waals surface area contributed by atoms with Gasteiger partial charge in [0.05, 0.1) is 13.2 Å². The van der Waals surface area contributed by atoms with Gasteiger partial charge in [0.15, 0.2) is 0 Å². The van der Waals surface area contributed by atoms with Gasteiger partial charge in [-0.25, -0.2) is 0 Å². The molecule has 2 N–H and O–H groups in total. The van der Waals surface area contributed by atoms with Crippen molar-refractivity contribution in [2.75, 3.05) is 20.2 Å². The van der Waals surface area contributed by atoms with E-state index in [1.807, 2.05) is 12.1 Å². The highest BCUT2D eigenvalue weighted by Gasteiger charge is 2.36. The van der Waals surface area contributed by atoms with Crippen LogP contribution in [0.25, 0.3) is 0 Å². The van der Waals surface area contributed by atoms with Crippen LogP contribution in [0.15, 0.2) is 18.3 Å². The number of ether oxygens (including phenoxy) is 1. The van der Waals surface area contributed by atoms with Gasteiger partial charge >= 0.3 is 0 Å². The van der Waals surface area contributed by atoms with Crippen molar-refractivity contribution >= 4 is 0 Å². The van der Waals surface area contributed by atoms with Crippen LogP contribution >= 0.6 is 0 Å². The molecule has 1 saturated heterocycles. The number of pyridine rings is 1. The Kier molecular flexibility index (Phi) is 5.00. The summed E-state index contributed by atoms with van der Waals surface area (Å²) in [6.07, 6.45) is 6.96. The Morgan fingerprint density at radius 2 is 1.90 bits per heavy atom. The molecule has 0 bridgehead atoms. The van der Waals surface area contributed by atoms with Gasteiger partial charge in [0, 0.05) is 11.7 Å².